The van der Waals surface area contributed by atoms with E-state index in [1.807, 2.05) is 45.9 Å². The van der Waals surface area contributed by atoms with Gasteiger partial charge in [0.25, 0.3) is 0 Å². The molecule has 7 heteroatoms. The molecule has 0 aromatic heterocycles. The van der Waals surface area contributed by atoms with Crippen molar-refractivity contribution in [1.82, 2.24) is 0 Å². The Morgan fingerprint density at radius 2 is 1.15 bits per heavy atom. The fourth-order valence-electron chi connectivity index (χ4n) is 5.75. The fourth-order valence-corrected chi connectivity index (χ4v) is 6.48. The van der Waals surface area contributed by atoms with Crippen molar-refractivity contribution in [2.45, 2.75) is 163 Å². The Hall–Kier alpha value is -1.99. The third kappa shape index (κ3) is 21.2. The minimum absolute atomic E-state index is 0.0829. The van der Waals surface area contributed by atoms with Gasteiger partial charge >= 0.3 is 11.9 Å². The molecule has 48 heavy (non-hydrogen) atoms. The second-order valence-corrected chi connectivity index (χ2v) is 15.7. The van der Waals surface area contributed by atoms with Gasteiger partial charge in [0.05, 0.1) is 17.4 Å². The normalized spacial score (nSPS) is 12.5. The molecule has 0 aliphatic rings. The van der Waals surface area contributed by atoms with Gasteiger partial charge in [-0.3, -0.25) is 9.59 Å². The fraction of sp³-hybridized carbons (Fsp3) is 0.756. The first-order chi connectivity index (χ1) is 23.0. The topological polar surface area (TPSA) is 71.1 Å². The number of benzene rings is 1. The van der Waals surface area contributed by atoms with E-state index in [4.69, 9.17) is 19.2 Å². The lowest BCUT2D eigenvalue weighted by Crippen LogP contribution is -2.30. The molecule has 276 valence electrons. The van der Waals surface area contributed by atoms with E-state index >= 15 is 0 Å². The number of thioether (sulfide) groups is 1. The lowest BCUT2D eigenvalue weighted by molar-refractivity contribution is -0.258. The number of unbranched alkanes of at least 4 members (excludes halogenated alkanes) is 15. The van der Waals surface area contributed by atoms with E-state index in [2.05, 4.69) is 32.6 Å². The van der Waals surface area contributed by atoms with Crippen molar-refractivity contribution in [3.8, 4) is 0 Å². The minimum atomic E-state index is -0.677. The molecule has 6 nitrogen and oxygen atoms in total. The number of esters is 2. The summed E-state index contributed by atoms with van der Waals surface area (Å²) in [5, 5.41) is 0.342. The van der Waals surface area contributed by atoms with Crippen LogP contribution in [0.2, 0.25) is 0 Å². The number of carbonyl (C=O) groups excluding carboxylic acids is 2. The first-order valence-corrected chi connectivity index (χ1v) is 20.0. The third-order valence-corrected chi connectivity index (χ3v) is 10.3. The van der Waals surface area contributed by atoms with Gasteiger partial charge in [0.2, 0.25) is 0 Å². The summed E-state index contributed by atoms with van der Waals surface area (Å²) >= 11 is 1.30. The smallest absolute Gasteiger partial charge is 0.312 e. The number of carbonyl (C=O) groups is 2. The molecule has 0 N–H and O–H groups in total. The Morgan fingerprint density at radius 3 is 1.67 bits per heavy atom. The molecule has 0 bridgehead atoms. The van der Waals surface area contributed by atoms with Crippen LogP contribution in [0.4, 0.5) is 0 Å². The van der Waals surface area contributed by atoms with Gasteiger partial charge in [-0.2, -0.15) is 4.89 Å². The molecule has 0 spiro atoms. The van der Waals surface area contributed by atoms with Gasteiger partial charge in [-0.1, -0.05) is 152 Å². The maximum Gasteiger partial charge on any atom is 0.312 e. The summed E-state index contributed by atoms with van der Waals surface area (Å²) in [6.07, 6.45) is 22.8. The van der Waals surface area contributed by atoms with Gasteiger partial charge in [-0.05, 0) is 65.0 Å². The average molecular weight is 691 g/mol. The first-order valence-electron chi connectivity index (χ1n) is 19.0. The average Bonchev–Trinajstić information content (AvgIpc) is 3.07. The Balaban J connectivity index is 2.06. The summed E-state index contributed by atoms with van der Waals surface area (Å²) in [7, 11) is 0. The summed E-state index contributed by atoms with van der Waals surface area (Å²) < 4.78 is 11.1. The van der Waals surface area contributed by atoms with Crippen LogP contribution < -0.4 is 0 Å². The standard InChI is InChI=1S/C41H70O6S/c1-8-10-11-12-13-14-15-16-17-18-19-20-21-22-23-27-30-44-39(43)41(6,7)34-48-35(3)47-46-32-31-45-38(42)40(4,5)33-36(9-2)37-28-25-24-26-29-37/h24-26,28-29,36H,3,8-23,27,30-34H2,1-2,4-7H3. The monoisotopic (exact) mass is 690 g/mol. The van der Waals surface area contributed by atoms with Crippen molar-refractivity contribution < 1.29 is 28.8 Å². The lowest BCUT2D eigenvalue weighted by Gasteiger charge is -2.27. The summed E-state index contributed by atoms with van der Waals surface area (Å²) in [4.78, 5) is 35.9. The molecule has 1 unspecified atom stereocenters. The van der Waals surface area contributed by atoms with E-state index in [0.29, 0.717) is 23.9 Å². The molecule has 1 atom stereocenters. The Bertz CT molecular complexity index is 976. The highest BCUT2D eigenvalue weighted by atomic mass is 32.2. The lowest BCUT2D eigenvalue weighted by atomic mass is 9.79. The molecular formula is C41H70O6S. The summed E-state index contributed by atoms with van der Waals surface area (Å²) in [6, 6.07) is 10.3. The molecule has 0 radical (unpaired) electrons. The number of rotatable bonds is 31. The summed E-state index contributed by atoms with van der Waals surface area (Å²) in [6.45, 7) is 16.5. The van der Waals surface area contributed by atoms with Gasteiger partial charge in [0, 0.05) is 5.75 Å². The zero-order chi connectivity index (χ0) is 35.5. The number of ether oxygens (including phenoxy) is 2. The van der Waals surface area contributed by atoms with Crippen molar-refractivity contribution in [2.24, 2.45) is 10.8 Å². The van der Waals surface area contributed by atoms with E-state index in [1.165, 1.54) is 107 Å². The zero-order valence-corrected chi connectivity index (χ0v) is 32.4. The van der Waals surface area contributed by atoms with Crippen molar-refractivity contribution >= 4 is 23.7 Å². The Kier molecular flexibility index (Phi) is 24.6. The second-order valence-electron chi connectivity index (χ2n) is 14.6. The van der Waals surface area contributed by atoms with Crippen LogP contribution in [-0.4, -0.2) is 37.5 Å². The van der Waals surface area contributed by atoms with Crippen LogP contribution >= 0.6 is 11.8 Å². The third-order valence-electron chi connectivity index (χ3n) is 9.00. The molecular weight excluding hydrogens is 621 g/mol. The molecule has 0 saturated carbocycles. The van der Waals surface area contributed by atoms with Crippen LogP contribution in [-0.2, 0) is 28.8 Å². The SMILES string of the molecule is C=C(OOCCOC(=O)C(C)(C)CC(CC)c1ccccc1)SCC(C)(C)C(=O)OCCCCCCCCCCCCCCCCCC. The van der Waals surface area contributed by atoms with E-state index in [0.717, 1.165) is 19.3 Å². The van der Waals surface area contributed by atoms with Gasteiger partial charge in [0.1, 0.15) is 13.2 Å². The molecule has 0 aliphatic carbocycles. The van der Waals surface area contributed by atoms with Crippen LogP contribution in [0.5, 0.6) is 0 Å². The maximum absolute atomic E-state index is 12.8. The van der Waals surface area contributed by atoms with Crippen LogP contribution in [0.3, 0.4) is 0 Å². The number of hydrogen-bond donors (Lipinski definition) is 0. The molecule has 1 rings (SSSR count). The van der Waals surface area contributed by atoms with Gasteiger partial charge < -0.3 is 14.4 Å². The van der Waals surface area contributed by atoms with Crippen LogP contribution in [0.25, 0.3) is 0 Å². The molecule has 0 saturated heterocycles. The molecule has 0 amide bonds. The van der Waals surface area contributed by atoms with Gasteiger partial charge in [0.15, 0.2) is 5.09 Å². The highest BCUT2D eigenvalue weighted by molar-refractivity contribution is 8.02. The van der Waals surface area contributed by atoms with Crippen molar-refractivity contribution in [1.29, 1.82) is 0 Å². The zero-order valence-electron chi connectivity index (χ0n) is 31.6. The van der Waals surface area contributed by atoms with Crippen LogP contribution in [0.1, 0.15) is 169 Å². The van der Waals surface area contributed by atoms with Gasteiger partial charge in [-0.15, -0.1) is 0 Å². The molecule has 0 heterocycles. The molecule has 0 fully saturated rings. The largest absolute Gasteiger partial charge is 0.465 e. The van der Waals surface area contributed by atoms with Gasteiger partial charge in [-0.25, -0.2) is 0 Å². The van der Waals surface area contributed by atoms with E-state index in [9.17, 15) is 9.59 Å². The Morgan fingerprint density at radius 1 is 0.667 bits per heavy atom. The van der Waals surface area contributed by atoms with Crippen LogP contribution in [0.15, 0.2) is 42.0 Å². The Labute approximate surface area is 298 Å². The van der Waals surface area contributed by atoms with Crippen molar-refractivity contribution in [2.75, 3.05) is 25.6 Å². The molecule has 0 aliphatic heterocycles. The minimum Gasteiger partial charge on any atom is -0.465 e. The van der Waals surface area contributed by atoms with E-state index in [-0.39, 0.29) is 31.1 Å². The van der Waals surface area contributed by atoms with Crippen LogP contribution in [0, 0.1) is 10.8 Å². The van der Waals surface area contributed by atoms with E-state index < -0.39 is 10.8 Å². The highest BCUT2D eigenvalue weighted by Crippen LogP contribution is 2.35. The number of hydrogen-bond acceptors (Lipinski definition) is 7. The molecule has 1 aromatic rings. The van der Waals surface area contributed by atoms with E-state index in [1.54, 1.807) is 0 Å². The molecule has 1 aromatic carbocycles. The van der Waals surface area contributed by atoms with Crippen molar-refractivity contribution in [3.63, 3.8) is 0 Å². The quantitative estimate of drug-likeness (QED) is 0.0252. The maximum atomic E-state index is 12.8. The van der Waals surface area contributed by atoms with Crippen molar-refractivity contribution in [3.05, 3.63) is 47.6 Å². The summed E-state index contributed by atoms with van der Waals surface area (Å²) in [5.41, 5.74) is -0.0629. The highest BCUT2D eigenvalue weighted by Gasteiger charge is 2.33. The predicted octanol–water partition coefficient (Wildman–Crippen LogP) is 12.1. The second kappa shape index (κ2) is 26.8. The predicted molar refractivity (Wildman–Crippen MR) is 202 cm³/mol. The first kappa shape index (κ1) is 44.0. The summed E-state index contributed by atoms with van der Waals surface area (Å²) in [5.74, 6) is 0.273.